The van der Waals surface area contributed by atoms with E-state index in [-0.39, 0.29) is 22.6 Å². The zero-order valence-electron chi connectivity index (χ0n) is 10.3. The molecular weight excluding hydrogens is 256 g/mol. The molecule has 0 fully saturated rings. The van der Waals surface area contributed by atoms with Gasteiger partial charge in [0.25, 0.3) is 5.78 Å². The molecule has 0 spiro atoms. The van der Waals surface area contributed by atoms with Crippen LogP contribution in [0, 0.1) is 0 Å². The molecule has 102 valence electrons. The monoisotopic (exact) mass is 268 g/mol. The Morgan fingerprint density at radius 1 is 1.11 bits per heavy atom. The first-order valence-electron chi connectivity index (χ1n) is 5.15. The van der Waals surface area contributed by atoms with Crippen molar-refractivity contribution < 1.29 is 34.1 Å². The summed E-state index contributed by atoms with van der Waals surface area (Å²) in [6, 6.07) is 2.62. The number of ketones is 1. The maximum absolute atomic E-state index is 11.6. The number of methoxy groups -OCH3 is 2. The largest absolute Gasteiger partial charge is 0.497 e. The summed E-state index contributed by atoms with van der Waals surface area (Å²) in [5, 5.41) is 17.6. The average molecular weight is 268 g/mol. The number of hydrogen-bond donors (Lipinski definition) is 2. The van der Waals surface area contributed by atoms with Gasteiger partial charge in [-0.15, -0.1) is 0 Å². The normalized spacial score (nSPS) is 9.79. The molecule has 2 N–H and O–H groups in total. The molecule has 7 nitrogen and oxygen atoms in total. The second-order valence-electron chi connectivity index (χ2n) is 3.57. The Morgan fingerprint density at radius 2 is 1.74 bits per heavy atom. The summed E-state index contributed by atoms with van der Waals surface area (Å²) < 4.78 is 9.87. The zero-order chi connectivity index (χ0) is 14.6. The van der Waals surface area contributed by atoms with Crippen LogP contribution in [0.2, 0.25) is 0 Å². The lowest BCUT2D eigenvalue weighted by molar-refractivity contribution is -0.136. The maximum atomic E-state index is 11.6. The lowest BCUT2D eigenvalue weighted by Gasteiger charge is -2.12. The zero-order valence-corrected chi connectivity index (χ0v) is 10.3. The van der Waals surface area contributed by atoms with Crippen LogP contribution in [0.25, 0.3) is 0 Å². The third-order valence-electron chi connectivity index (χ3n) is 2.38. The van der Waals surface area contributed by atoms with Gasteiger partial charge in [0, 0.05) is 6.07 Å². The average Bonchev–Trinajstić information content (AvgIpc) is 2.35. The van der Waals surface area contributed by atoms with Crippen LogP contribution in [0.15, 0.2) is 12.1 Å². The van der Waals surface area contributed by atoms with Crippen molar-refractivity contribution in [1.82, 2.24) is 0 Å². The number of carboxylic acid groups (broad SMARTS) is 2. The topological polar surface area (TPSA) is 110 Å². The van der Waals surface area contributed by atoms with E-state index in [1.54, 1.807) is 0 Å². The van der Waals surface area contributed by atoms with Gasteiger partial charge in [0.1, 0.15) is 11.5 Å². The number of carboxylic acids is 2. The fraction of sp³-hybridized carbons (Fsp3) is 0.250. The Labute approximate surface area is 108 Å². The SMILES string of the molecule is COc1cc(CC(=O)O)c(C(=O)C(=O)O)c(OC)c1. The van der Waals surface area contributed by atoms with E-state index in [2.05, 4.69) is 0 Å². The first kappa shape index (κ1) is 14.5. The highest BCUT2D eigenvalue weighted by Gasteiger charge is 2.25. The van der Waals surface area contributed by atoms with E-state index < -0.39 is 24.1 Å². The molecule has 0 aliphatic rings. The van der Waals surface area contributed by atoms with Crippen molar-refractivity contribution in [3.63, 3.8) is 0 Å². The minimum absolute atomic E-state index is 0.0242. The number of ether oxygens (including phenoxy) is 2. The van der Waals surface area contributed by atoms with Gasteiger partial charge in [-0.1, -0.05) is 0 Å². The fourth-order valence-corrected chi connectivity index (χ4v) is 1.59. The van der Waals surface area contributed by atoms with Crippen LogP contribution in [-0.4, -0.2) is 42.2 Å². The van der Waals surface area contributed by atoms with Crippen molar-refractivity contribution in [2.75, 3.05) is 14.2 Å². The molecule has 0 atom stereocenters. The second-order valence-corrected chi connectivity index (χ2v) is 3.57. The lowest BCUT2D eigenvalue weighted by atomic mass is 9.99. The van der Waals surface area contributed by atoms with E-state index in [0.29, 0.717) is 0 Å². The minimum Gasteiger partial charge on any atom is -0.497 e. The van der Waals surface area contributed by atoms with E-state index in [1.807, 2.05) is 0 Å². The van der Waals surface area contributed by atoms with E-state index in [1.165, 1.54) is 26.4 Å². The number of Topliss-reactive ketones (excluding diaryl/α,β-unsaturated/α-hetero) is 1. The highest BCUT2D eigenvalue weighted by molar-refractivity contribution is 6.41. The van der Waals surface area contributed by atoms with Crippen molar-refractivity contribution in [2.24, 2.45) is 0 Å². The van der Waals surface area contributed by atoms with Gasteiger partial charge in [-0.25, -0.2) is 4.79 Å². The number of carbonyl (C=O) groups excluding carboxylic acids is 1. The van der Waals surface area contributed by atoms with E-state index >= 15 is 0 Å². The first-order chi connectivity index (χ1) is 8.90. The van der Waals surface area contributed by atoms with Crippen LogP contribution >= 0.6 is 0 Å². The van der Waals surface area contributed by atoms with Gasteiger partial charge in [0.2, 0.25) is 0 Å². The molecule has 19 heavy (non-hydrogen) atoms. The van der Waals surface area contributed by atoms with Crippen molar-refractivity contribution in [2.45, 2.75) is 6.42 Å². The second kappa shape index (κ2) is 5.85. The third-order valence-corrected chi connectivity index (χ3v) is 2.38. The van der Waals surface area contributed by atoms with Crippen LogP contribution in [0.5, 0.6) is 11.5 Å². The van der Waals surface area contributed by atoms with Crippen molar-refractivity contribution in [3.05, 3.63) is 23.3 Å². The smallest absolute Gasteiger partial charge is 0.377 e. The molecule has 0 aromatic heterocycles. The maximum Gasteiger partial charge on any atom is 0.377 e. The van der Waals surface area contributed by atoms with Crippen molar-refractivity contribution in [1.29, 1.82) is 0 Å². The molecule has 0 aliphatic carbocycles. The highest BCUT2D eigenvalue weighted by Crippen LogP contribution is 2.29. The van der Waals surface area contributed by atoms with Crippen LogP contribution in [0.3, 0.4) is 0 Å². The van der Waals surface area contributed by atoms with Crippen LogP contribution in [-0.2, 0) is 16.0 Å². The number of carbonyl (C=O) groups is 3. The molecule has 0 unspecified atom stereocenters. The molecule has 0 aliphatic heterocycles. The number of rotatable bonds is 6. The van der Waals surface area contributed by atoms with Gasteiger partial charge in [-0.2, -0.15) is 0 Å². The molecular formula is C12H12O7. The third kappa shape index (κ3) is 3.21. The minimum atomic E-state index is -1.69. The Balaban J connectivity index is 3.49. The number of hydrogen-bond acceptors (Lipinski definition) is 5. The van der Waals surface area contributed by atoms with E-state index in [0.717, 1.165) is 0 Å². The van der Waals surface area contributed by atoms with E-state index in [9.17, 15) is 14.4 Å². The molecule has 0 saturated carbocycles. The van der Waals surface area contributed by atoms with Gasteiger partial charge >= 0.3 is 11.9 Å². The Hall–Kier alpha value is -2.57. The highest BCUT2D eigenvalue weighted by atomic mass is 16.5. The molecule has 1 aromatic rings. The van der Waals surface area contributed by atoms with Gasteiger partial charge in [-0.05, 0) is 11.6 Å². The van der Waals surface area contributed by atoms with Gasteiger partial charge in [0.15, 0.2) is 0 Å². The molecule has 0 saturated heterocycles. The van der Waals surface area contributed by atoms with Crippen LogP contribution in [0.1, 0.15) is 15.9 Å². The number of aliphatic carboxylic acids is 2. The summed E-state index contributed by atoms with van der Waals surface area (Å²) in [5.74, 6) is -3.88. The quantitative estimate of drug-likeness (QED) is 0.574. The first-order valence-corrected chi connectivity index (χ1v) is 5.15. The molecule has 1 rings (SSSR count). The number of benzene rings is 1. The predicted molar refractivity (Wildman–Crippen MR) is 62.9 cm³/mol. The predicted octanol–water partition coefficient (Wildman–Crippen LogP) is 0.598. The standard InChI is InChI=1S/C12H12O7/c1-18-7-3-6(4-9(13)14)10(8(5-7)19-2)11(15)12(16)17/h3,5H,4H2,1-2H3,(H,13,14)(H,16,17). The summed E-state index contributed by atoms with van der Waals surface area (Å²) in [7, 11) is 2.61. The molecule has 0 radical (unpaired) electrons. The summed E-state index contributed by atoms with van der Waals surface area (Å²) in [5.41, 5.74) is -0.255. The van der Waals surface area contributed by atoms with Gasteiger partial charge in [-0.3, -0.25) is 9.59 Å². The van der Waals surface area contributed by atoms with Crippen molar-refractivity contribution >= 4 is 17.7 Å². The summed E-state index contributed by atoms with van der Waals surface area (Å²) in [6.07, 6.45) is -0.512. The van der Waals surface area contributed by atoms with Crippen LogP contribution in [0.4, 0.5) is 0 Å². The molecule has 7 heteroatoms. The van der Waals surface area contributed by atoms with E-state index in [4.69, 9.17) is 19.7 Å². The summed E-state index contributed by atoms with van der Waals surface area (Å²) in [4.78, 5) is 33.2. The van der Waals surface area contributed by atoms with Crippen LogP contribution < -0.4 is 9.47 Å². The fourth-order valence-electron chi connectivity index (χ4n) is 1.59. The molecule has 0 amide bonds. The van der Waals surface area contributed by atoms with Gasteiger partial charge < -0.3 is 19.7 Å². The Bertz CT molecular complexity index is 533. The summed E-state index contributed by atoms with van der Waals surface area (Å²) in [6.45, 7) is 0. The lowest BCUT2D eigenvalue weighted by Crippen LogP contribution is -2.18. The Kier molecular flexibility index (Phi) is 4.46. The van der Waals surface area contributed by atoms with Crippen molar-refractivity contribution in [3.8, 4) is 11.5 Å². The molecule has 1 aromatic carbocycles. The molecule has 0 heterocycles. The van der Waals surface area contributed by atoms with Gasteiger partial charge in [0.05, 0.1) is 26.2 Å². The summed E-state index contributed by atoms with van der Waals surface area (Å²) >= 11 is 0. The Morgan fingerprint density at radius 3 is 2.16 bits per heavy atom. The molecule has 0 bridgehead atoms.